The maximum absolute atomic E-state index is 13.4. The predicted octanol–water partition coefficient (Wildman–Crippen LogP) is 2.52. The van der Waals surface area contributed by atoms with E-state index in [0.29, 0.717) is 26.7 Å². The van der Waals surface area contributed by atoms with Gasteiger partial charge in [-0.15, -0.1) is 0 Å². The Morgan fingerprint density at radius 3 is 2.54 bits per heavy atom. The number of hydrogen-bond donors (Lipinski definition) is 2. The standard InChI is InChI=1S/C20H18Cl2N2O4/c21-10-5-6-13(14(22)7-10)18-17(19(23)26)11-3-1-2-4-12(11)20(27)24(18)15-8-28-9-16(15)25/h1-7,15-18,25H,8-9H2,(H2,23,26). The molecular formula is C20H18Cl2N2O4. The Morgan fingerprint density at radius 1 is 1.14 bits per heavy atom. The summed E-state index contributed by atoms with van der Waals surface area (Å²) in [5.74, 6) is -1.73. The van der Waals surface area contributed by atoms with E-state index in [1.54, 1.807) is 42.5 Å². The van der Waals surface area contributed by atoms with E-state index in [-0.39, 0.29) is 19.1 Å². The maximum Gasteiger partial charge on any atom is 0.255 e. The largest absolute Gasteiger partial charge is 0.388 e. The first-order valence-electron chi connectivity index (χ1n) is 8.82. The van der Waals surface area contributed by atoms with E-state index in [1.807, 2.05) is 0 Å². The van der Waals surface area contributed by atoms with E-state index >= 15 is 0 Å². The van der Waals surface area contributed by atoms with Crippen molar-refractivity contribution in [3.8, 4) is 0 Å². The summed E-state index contributed by atoms with van der Waals surface area (Å²) >= 11 is 12.5. The minimum Gasteiger partial charge on any atom is -0.388 e. The van der Waals surface area contributed by atoms with Crippen molar-refractivity contribution < 1.29 is 19.4 Å². The van der Waals surface area contributed by atoms with Gasteiger partial charge < -0.3 is 20.5 Å². The molecule has 0 radical (unpaired) electrons. The molecular weight excluding hydrogens is 403 g/mol. The van der Waals surface area contributed by atoms with Crippen molar-refractivity contribution in [3.63, 3.8) is 0 Å². The lowest BCUT2D eigenvalue weighted by Crippen LogP contribution is -2.54. The molecule has 2 aromatic carbocycles. The van der Waals surface area contributed by atoms with Crippen molar-refractivity contribution in [2.24, 2.45) is 5.73 Å². The summed E-state index contributed by atoms with van der Waals surface area (Å²) in [5.41, 5.74) is 7.25. The number of halogens is 2. The second-order valence-electron chi connectivity index (χ2n) is 6.96. The molecule has 0 aromatic heterocycles. The number of benzene rings is 2. The van der Waals surface area contributed by atoms with E-state index < -0.39 is 30.0 Å². The summed E-state index contributed by atoms with van der Waals surface area (Å²) in [7, 11) is 0. The molecule has 1 fully saturated rings. The van der Waals surface area contributed by atoms with Gasteiger partial charge in [-0.2, -0.15) is 0 Å². The molecule has 2 aliphatic rings. The van der Waals surface area contributed by atoms with E-state index in [2.05, 4.69) is 0 Å². The predicted molar refractivity (Wildman–Crippen MR) is 104 cm³/mol. The molecule has 2 amide bonds. The molecule has 1 saturated heterocycles. The highest BCUT2D eigenvalue weighted by Gasteiger charge is 2.49. The average molecular weight is 421 g/mol. The fraction of sp³-hybridized carbons (Fsp3) is 0.300. The number of carbonyl (C=O) groups excluding carboxylic acids is 2. The van der Waals surface area contributed by atoms with Crippen LogP contribution in [0.5, 0.6) is 0 Å². The Morgan fingerprint density at radius 2 is 1.89 bits per heavy atom. The molecule has 4 unspecified atom stereocenters. The number of rotatable bonds is 3. The molecule has 0 spiro atoms. The lowest BCUT2D eigenvalue weighted by atomic mass is 9.78. The summed E-state index contributed by atoms with van der Waals surface area (Å²) < 4.78 is 5.37. The smallest absolute Gasteiger partial charge is 0.255 e. The molecule has 0 saturated carbocycles. The first kappa shape index (κ1) is 19.2. The fourth-order valence-corrected chi connectivity index (χ4v) is 4.61. The number of aliphatic hydroxyl groups is 1. The number of nitrogens with two attached hydrogens (primary N) is 1. The number of amides is 2. The van der Waals surface area contributed by atoms with Gasteiger partial charge in [0.05, 0.1) is 37.3 Å². The normalized spacial score (nSPS) is 27.0. The maximum atomic E-state index is 13.4. The third kappa shape index (κ3) is 3.06. The zero-order valence-corrected chi connectivity index (χ0v) is 16.2. The Bertz CT molecular complexity index is 952. The summed E-state index contributed by atoms with van der Waals surface area (Å²) in [5, 5.41) is 11.2. The minimum atomic E-state index is -0.878. The zero-order chi connectivity index (χ0) is 20.0. The van der Waals surface area contributed by atoms with Gasteiger partial charge in [0, 0.05) is 15.6 Å². The van der Waals surface area contributed by atoms with E-state index in [4.69, 9.17) is 33.7 Å². The Kier molecular flexibility index (Phi) is 5.05. The van der Waals surface area contributed by atoms with Crippen molar-refractivity contribution in [2.45, 2.75) is 24.1 Å². The van der Waals surface area contributed by atoms with Gasteiger partial charge in [0.1, 0.15) is 0 Å². The van der Waals surface area contributed by atoms with Crippen LogP contribution in [0.1, 0.15) is 33.4 Å². The Labute approximate surface area is 171 Å². The van der Waals surface area contributed by atoms with Crippen molar-refractivity contribution in [1.82, 2.24) is 4.90 Å². The molecule has 28 heavy (non-hydrogen) atoms. The van der Waals surface area contributed by atoms with Crippen LogP contribution in [0.4, 0.5) is 0 Å². The summed E-state index contributed by atoms with van der Waals surface area (Å²) in [4.78, 5) is 27.5. The Balaban J connectivity index is 1.96. The second kappa shape index (κ2) is 7.37. The molecule has 4 rings (SSSR count). The number of ether oxygens (including phenoxy) is 1. The van der Waals surface area contributed by atoms with Gasteiger partial charge in [0.15, 0.2) is 0 Å². The van der Waals surface area contributed by atoms with E-state index in [9.17, 15) is 14.7 Å². The van der Waals surface area contributed by atoms with Gasteiger partial charge in [0.2, 0.25) is 5.91 Å². The number of primary amides is 1. The van der Waals surface area contributed by atoms with Crippen LogP contribution in [0.2, 0.25) is 10.0 Å². The van der Waals surface area contributed by atoms with Crippen LogP contribution in [0, 0.1) is 0 Å². The fourth-order valence-electron chi connectivity index (χ4n) is 4.09. The molecule has 2 aliphatic heterocycles. The average Bonchev–Trinajstić information content (AvgIpc) is 3.07. The number of hydrogen-bond acceptors (Lipinski definition) is 4. The monoisotopic (exact) mass is 420 g/mol. The summed E-state index contributed by atoms with van der Waals surface area (Å²) in [6.45, 7) is 0.265. The quantitative estimate of drug-likeness (QED) is 0.797. The molecule has 0 bridgehead atoms. The van der Waals surface area contributed by atoms with Gasteiger partial charge in [-0.25, -0.2) is 0 Å². The number of aliphatic hydroxyl groups excluding tert-OH is 1. The van der Waals surface area contributed by atoms with Gasteiger partial charge in [-0.05, 0) is 29.3 Å². The van der Waals surface area contributed by atoms with Crippen LogP contribution in [0.25, 0.3) is 0 Å². The first-order chi connectivity index (χ1) is 13.4. The molecule has 6 nitrogen and oxygen atoms in total. The van der Waals surface area contributed by atoms with Gasteiger partial charge in [-0.1, -0.05) is 47.5 Å². The van der Waals surface area contributed by atoms with Crippen molar-refractivity contribution in [1.29, 1.82) is 0 Å². The van der Waals surface area contributed by atoms with Crippen LogP contribution in [0.15, 0.2) is 42.5 Å². The van der Waals surface area contributed by atoms with Gasteiger partial charge >= 0.3 is 0 Å². The van der Waals surface area contributed by atoms with Gasteiger partial charge in [-0.3, -0.25) is 9.59 Å². The topological polar surface area (TPSA) is 92.9 Å². The van der Waals surface area contributed by atoms with Crippen LogP contribution in [0.3, 0.4) is 0 Å². The molecule has 0 aliphatic carbocycles. The second-order valence-corrected chi connectivity index (χ2v) is 7.81. The van der Waals surface area contributed by atoms with Crippen LogP contribution >= 0.6 is 23.2 Å². The van der Waals surface area contributed by atoms with E-state index in [0.717, 1.165) is 0 Å². The first-order valence-corrected chi connectivity index (χ1v) is 9.57. The highest BCUT2D eigenvalue weighted by Crippen LogP contribution is 2.46. The highest BCUT2D eigenvalue weighted by molar-refractivity contribution is 6.35. The molecule has 8 heteroatoms. The third-order valence-electron chi connectivity index (χ3n) is 5.34. The van der Waals surface area contributed by atoms with Crippen LogP contribution in [-0.2, 0) is 9.53 Å². The summed E-state index contributed by atoms with van der Waals surface area (Å²) in [6.07, 6.45) is -0.878. The molecule has 3 N–H and O–H groups in total. The Hall–Kier alpha value is -2.12. The molecule has 4 atom stereocenters. The van der Waals surface area contributed by atoms with Crippen molar-refractivity contribution in [3.05, 3.63) is 69.2 Å². The lowest BCUT2D eigenvalue weighted by Gasteiger charge is -2.44. The van der Waals surface area contributed by atoms with Gasteiger partial charge in [0.25, 0.3) is 5.91 Å². The van der Waals surface area contributed by atoms with Crippen molar-refractivity contribution >= 4 is 35.0 Å². The van der Waals surface area contributed by atoms with Crippen molar-refractivity contribution in [2.75, 3.05) is 13.2 Å². The van der Waals surface area contributed by atoms with Crippen LogP contribution < -0.4 is 5.73 Å². The SMILES string of the molecule is NC(=O)C1c2ccccc2C(=O)N(C2COCC2O)C1c1ccc(Cl)cc1Cl. The lowest BCUT2D eigenvalue weighted by molar-refractivity contribution is -0.121. The summed E-state index contributed by atoms with van der Waals surface area (Å²) in [6, 6.07) is 10.3. The zero-order valence-electron chi connectivity index (χ0n) is 14.7. The van der Waals surface area contributed by atoms with Crippen LogP contribution in [-0.4, -0.2) is 47.2 Å². The molecule has 146 valence electrons. The van der Waals surface area contributed by atoms with E-state index in [1.165, 1.54) is 4.90 Å². The number of fused-ring (bicyclic) bond motifs is 1. The number of carbonyl (C=O) groups is 2. The molecule has 2 heterocycles. The highest BCUT2D eigenvalue weighted by atomic mass is 35.5. The number of nitrogens with zero attached hydrogens (tertiary/aromatic N) is 1. The molecule has 2 aromatic rings. The minimum absolute atomic E-state index is 0.110. The third-order valence-corrected chi connectivity index (χ3v) is 5.90.